The number of nitrogens with zero attached hydrogens (tertiary/aromatic N) is 8. The first-order chi connectivity index (χ1) is 20.8. The predicted molar refractivity (Wildman–Crippen MR) is 158 cm³/mol. The molecule has 0 saturated carbocycles. The van der Waals surface area contributed by atoms with Gasteiger partial charge in [0.1, 0.15) is 0 Å². The number of benzene rings is 2. The topological polar surface area (TPSA) is 161 Å². The van der Waals surface area contributed by atoms with Crippen molar-refractivity contribution in [2.24, 2.45) is 0 Å². The summed E-state index contributed by atoms with van der Waals surface area (Å²) in [5, 5.41) is 19.0. The Labute approximate surface area is 244 Å². The van der Waals surface area contributed by atoms with E-state index in [4.69, 9.17) is 15.2 Å². The second-order valence-electron chi connectivity index (χ2n) is 10.5. The van der Waals surface area contributed by atoms with Crippen LogP contribution in [0, 0.1) is 0 Å². The van der Waals surface area contributed by atoms with Crippen LogP contribution in [0.4, 0.5) is 11.6 Å². The van der Waals surface area contributed by atoms with Crippen molar-refractivity contribution in [3.63, 3.8) is 0 Å². The molecule has 0 radical (unpaired) electrons. The fraction of sp³-hybridized carbons (Fsp3) is 0.200. The van der Waals surface area contributed by atoms with Crippen molar-refractivity contribution in [3.05, 3.63) is 90.3 Å². The zero-order valence-corrected chi connectivity index (χ0v) is 23.2. The Morgan fingerprint density at radius 3 is 2.35 bits per heavy atom. The lowest BCUT2D eigenvalue weighted by atomic mass is 9.90. The highest BCUT2D eigenvalue weighted by atomic mass is 16.4. The maximum atomic E-state index is 14.5. The van der Waals surface area contributed by atoms with Gasteiger partial charge in [-0.3, -0.25) is 4.79 Å². The van der Waals surface area contributed by atoms with Gasteiger partial charge in [-0.1, -0.05) is 30.3 Å². The summed E-state index contributed by atoms with van der Waals surface area (Å²) in [6.45, 7) is 3.96. The van der Waals surface area contributed by atoms with Crippen LogP contribution in [0.1, 0.15) is 22.8 Å². The third-order valence-electron chi connectivity index (χ3n) is 7.99. The van der Waals surface area contributed by atoms with E-state index in [0.29, 0.717) is 54.4 Å². The van der Waals surface area contributed by atoms with Gasteiger partial charge in [-0.05, 0) is 48.9 Å². The van der Waals surface area contributed by atoms with Crippen molar-refractivity contribution in [1.82, 2.24) is 34.3 Å². The number of piperazine rings is 1. The Morgan fingerprint density at radius 1 is 0.930 bits per heavy atom. The monoisotopic (exact) mass is 577 g/mol. The van der Waals surface area contributed by atoms with E-state index in [9.17, 15) is 14.7 Å². The van der Waals surface area contributed by atoms with Gasteiger partial charge in [-0.2, -0.15) is 14.6 Å². The molecular weight excluding hydrogens is 550 g/mol. The first kappa shape index (κ1) is 26.2. The van der Waals surface area contributed by atoms with Gasteiger partial charge in [0.15, 0.2) is 22.6 Å². The molecule has 7 rings (SSSR count). The third kappa shape index (κ3) is 4.24. The average Bonchev–Trinajstić information content (AvgIpc) is 3.81. The number of carboxylic acid groups (broad SMARTS) is 1. The number of carbonyl (C=O) groups excluding carboxylic acids is 1. The van der Waals surface area contributed by atoms with Gasteiger partial charge in [0.05, 0.1) is 23.4 Å². The number of hydrogen-bond acceptors (Lipinski definition) is 9. The van der Waals surface area contributed by atoms with E-state index >= 15 is 0 Å². The number of aromatic nitrogens is 6. The number of furan rings is 1. The number of fused-ring (bicyclic) bond motifs is 3. The highest BCUT2D eigenvalue weighted by molar-refractivity contribution is 5.94. The van der Waals surface area contributed by atoms with E-state index in [-0.39, 0.29) is 17.4 Å². The largest absolute Gasteiger partial charge is 0.478 e. The van der Waals surface area contributed by atoms with Gasteiger partial charge in [0, 0.05) is 31.9 Å². The average molecular weight is 578 g/mol. The highest BCUT2D eigenvalue weighted by Crippen LogP contribution is 2.33. The molecule has 5 heterocycles. The molecule has 1 saturated heterocycles. The molecule has 1 unspecified atom stereocenters. The van der Waals surface area contributed by atoms with Crippen LogP contribution in [0.5, 0.6) is 0 Å². The zero-order chi connectivity index (χ0) is 29.7. The standard InChI is InChI=1S/C30H27N9O4/c1-30(20-6-3-2-4-7-20,28(42)37-15-13-36(14-16-37)21-11-9-19(10-12-21)27(40)41)39-26-22(18-32-39)25-33-24(23-8-5-17-43-23)35-38(25)29(31)34-26/h2-12,17-18H,13-16H2,1H3,(H2,31,34)(H,40,41). The number of carboxylic acids is 1. The van der Waals surface area contributed by atoms with Crippen LogP contribution in [0.2, 0.25) is 0 Å². The van der Waals surface area contributed by atoms with Crippen molar-refractivity contribution in [3.8, 4) is 11.6 Å². The summed E-state index contributed by atoms with van der Waals surface area (Å²) in [4.78, 5) is 39.0. The SMILES string of the molecule is CC(C(=O)N1CCN(c2ccc(C(=O)O)cc2)CC1)(c1ccccc1)n1ncc2c1nc(N)n1nc(-c3ccco3)nc21. The summed E-state index contributed by atoms with van der Waals surface area (Å²) in [5.74, 6) is -0.157. The predicted octanol–water partition coefficient (Wildman–Crippen LogP) is 3.13. The molecule has 1 aliphatic heterocycles. The fourth-order valence-electron chi connectivity index (χ4n) is 5.64. The van der Waals surface area contributed by atoms with E-state index in [1.165, 1.54) is 4.52 Å². The summed E-state index contributed by atoms with van der Waals surface area (Å²) in [6, 6.07) is 19.8. The minimum atomic E-state index is -1.25. The number of aromatic carboxylic acids is 1. The van der Waals surface area contributed by atoms with E-state index in [1.54, 1.807) is 53.5 Å². The highest BCUT2D eigenvalue weighted by Gasteiger charge is 2.43. The molecular formula is C30H27N9O4. The lowest BCUT2D eigenvalue weighted by molar-refractivity contribution is -0.138. The van der Waals surface area contributed by atoms with Crippen molar-refractivity contribution >= 4 is 40.2 Å². The maximum Gasteiger partial charge on any atom is 0.335 e. The molecule has 2 aromatic carbocycles. The number of anilines is 2. The number of hydrogen-bond donors (Lipinski definition) is 2. The molecule has 0 spiro atoms. The first-order valence-corrected chi connectivity index (χ1v) is 13.7. The smallest absolute Gasteiger partial charge is 0.335 e. The van der Waals surface area contributed by atoms with Gasteiger partial charge in [0.2, 0.25) is 11.8 Å². The summed E-state index contributed by atoms with van der Waals surface area (Å²) in [5.41, 5.74) is 7.85. The molecule has 3 N–H and O–H groups in total. The lowest BCUT2D eigenvalue weighted by Gasteiger charge is -2.40. The molecule has 13 heteroatoms. The van der Waals surface area contributed by atoms with Crippen LogP contribution < -0.4 is 10.6 Å². The molecule has 4 aromatic heterocycles. The molecule has 43 heavy (non-hydrogen) atoms. The van der Waals surface area contributed by atoms with Gasteiger partial charge < -0.3 is 25.1 Å². The minimum Gasteiger partial charge on any atom is -0.478 e. The zero-order valence-electron chi connectivity index (χ0n) is 23.2. The summed E-state index contributed by atoms with van der Waals surface area (Å²) >= 11 is 0. The van der Waals surface area contributed by atoms with E-state index in [1.807, 2.05) is 42.2 Å². The second kappa shape index (κ2) is 9.98. The Bertz CT molecular complexity index is 1960. The molecule has 0 bridgehead atoms. The fourth-order valence-corrected chi connectivity index (χ4v) is 5.64. The molecule has 0 aliphatic carbocycles. The van der Waals surface area contributed by atoms with Crippen molar-refractivity contribution in [2.75, 3.05) is 36.8 Å². The molecule has 1 amide bonds. The number of nitrogens with two attached hydrogens (primary N) is 1. The summed E-state index contributed by atoms with van der Waals surface area (Å²) in [6.07, 6.45) is 3.17. The van der Waals surface area contributed by atoms with E-state index in [0.717, 1.165) is 11.3 Å². The molecule has 13 nitrogen and oxygen atoms in total. The Balaban J connectivity index is 1.25. The van der Waals surface area contributed by atoms with Crippen LogP contribution in [-0.2, 0) is 10.3 Å². The Hall–Kier alpha value is -5.72. The van der Waals surface area contributed by atoms with Crippen molar-refractivity contribution in [2.45, 2.75) is 12.5 Å². The van der Waals surface area contributed by atoms with E-state index in [2.05, 4.69) is 20.0 Å². The molecule has 216 valence electrons. The molecule has 1 atom stereocenters. The van der Waals surface area contributed by atoms with Crippen LogP contribution in [0.3, 0.4) is 0 Å². The van der Waals surface area contributed by atoms with Gasteiger partial charge in [-0.15, -0.1) is 5.10 Å². The van der Waals surface area contributed by atoms with Crippen LogP contribution in [0.15, 0.2) is 83.6 Å². The van der Waals surface area contributed by atoms with Crippen molar-refractivity contribution in [1.29, 1.82) is 0 Å². The number of amides is 1. The van der Waals surface area contributed by atoms with Crippen LogP contribution in [-0.4, -0.2) is 77.4 Å². The molecule has 1 fully saturated rings. The summed E-state index contributed by atoms with van der Waals surface area (Å²) < 4.78 is 8.53. The maximum absolute atomic E-state index is 14.5. The summed E-state index contributed by atoms with van der Waals surface area (Å²) in [7, 11) is 0. The molecule has 1 aliphatic rings. The van der Waals surface area contributed by atoms with Gasteiger partial charge >= 0.3 is 5.97 Å². The lowest BCUT2D eigenvalue weighted by Crippen LogP contribution is -2.56. The van der Waals surface area contributed by atoms with Gasteiger partial charge in [-0.25, -0.2) is 14.5 Å². The minimum absolute atomic E-state index is 0.0972. The number of rotatable bonds is 6. The number of nitrogen functional groups attached to an aromatic ring is 1. The number of carbonyl (C=O) groups is 2. The van der Waals surface area contributed by atoms with Crippen LogP contribution in [0.25, 0.3) is 28.3 Å². The Morgan fingerprint density at radius 2 is 1.67 bits per heavy atom. The Kier molecular flexibility index (Phi) is 6.08. The normalized spacial score (nSPS) is 15.2. The molecule has 6 aromatic rings. The third-order valence-corrected chi connectivity index (χ3v) is 7.99. The quantitative estimate of drug-likeness (QED) is 0.301. The first-order valence-electron chi connectivity index (χ1n) is 13.7. The van der Waals surface area contributed by atoms with Gasteiger partial charge in [0.25, 0.3) is 5.91 Å². The second-order valence-corrected chi connectivity index (χ2v) is 10.5. The van der Waals surface area contributed by atoms with Crippen LogP contribution >= 0.6 is 0 Å². The van der Waals surface area contributed by atoms with E-state index < -0.39 is 11.5 Å². The van der Waals surface area contributed by atoms with Crippen molar-refractivity contribution < 1.29 is 19.1 Å².